The minimum absolute atomic E-state index is 0.0976. The van der Waals surface area contributed by atoms with Crippen molar-refractivity contribution in [3.63, 3.8) is 0 Å². The predicted molar refractivity (Wildman–Crippen MR) is 128 cm³/mol. The first-order valence-corrected chi connectivity index (χ1v) is 11.7. The molecule has 0 fully saturated rings. The molecule has 0 spiro atoms. The largest absolute Gasteiger partial charge is 0.379 e. The highest BCUT2D eigenvalue weighted by molar-refractivity contribution is 8.00. The van der Waals surface area contributed by atoms with E-state index in [0.29, 0.717) is 40.7 Å². The average Bonchev–Trinajstić information content (AvgIpc) is 2.64. The lowest BCUT2D eigenvalue weighted by atomic mass is 10.1. The Hall–Kier alpha value is -2.10. The monoisotopic (exact) mass is 482 g/mol. The Labute approximate surface area is 197 Å². The van der Waals surface area contributed by atoms with E-state index in [1.165, 1.54) is 0 Å². The molecule has 0 aliphatic carbocycles. The van der Waals surface area contributed by atoms with Gasteiger partial charge < -0.3 is 10.1 Å². The molecule has 32 heavy (non-hydrogen) atoms. The molecule has 10 heteroatoms. The number of hydrogen-bond acceptors (Lipinski definition) is 6. The van der Waals surface area contributed by atoms with Gasteiger partial charge >= 0.3 is 6.03 Å². The van der Waals surface area contributed by atoms with Gasteiger partial charge in [0.1, 0.15) is 0 Å². The second kappa shape index (κ2) is 11.2. The standard InChI is InChI=1S/C22H31ClN4O4S/c1-13(2)31-11-7-10-27-19(29)16-9-8-15(23)12-17(16)24-21(27)32-14(3)18(28)25-20(30)26-22(4,5)6/h8-9,12-14H,7,10-11H2,1-6H3,(H2,25,26,28,30). The van der Waals surface area contributed by atoms with Gasteiger partial charge in [0, 0.05) is 23.7 Å². The Morgan fingerprint density at radius 3 is 2.56 bits per heavy atom. The number of amides is 3. The maximum absolute atomic E-state index is 13.1. The van der Waals surface area contributed by atoms with Crippen LogP contribution < -0.4 is 16.2 Å². The van der Waals surface area contributed by atoms with Crippen LogP contribution >= 0.6 is 23.4 Å². The van der Waals surface area contributed by atoms with Crippen LogP contribution in [0.3, 0.4) is 0 Å². The van der Waals surface area contributed by atoms with E-state index < -0.39 is 22.7 Å². The van der Waals surface area contributed by atoms with Crippen LogP contribution in [0.25, 0.3) is 10.9 Å². The molecule has 2 N–H and O–H groups in total. The number of aromatic nitrogens is 2. The lowest BCUT2D eigenvalue weighted by molar-refractivity contribution is -0.119. The topological polar surface area (TPSA) is 102 Å². The van der Waals surface area contributed by atoms with E-state index in [-0.39, 0.29) is 11.7 Å². The Balaban J connectivity index is 2.27. The van der Waals surface area contributed by atoms with Crippen LogP contribution in [0.1, 0.15) is 48.0 Å². The van der Waals surface area contributed by atoms with Crippen LogP contribution in [0.2, 0.25) is 5.02 Å². The molecular formula is C22H31ClN4O4S. The summed E-state index contributed by atoms with van der Waals surface area (Å²) in [6.45, 7) is 11.9. The number of benzene rings is 1. The maximum atomic E-state index is 13.1. The number of nitrogens with zero attached hydrogens (tertiary/aromatic N) is 2. The van der Waals surface area contributed by atoms with E-state index in [1.807, 2.05) is 34.6 Å². The molecule has 176 valence electrons. The first-order chi connectivity index (χ1) is 14.9. The summed E-state index contributed by atoms with van der Waals surface area (Å²) < 4.78 is 7.13. The van der Waals surface area contributed by atoms with E-state index >= 15 is 0 Å². The van der Waals surface area contributed by atoms with Crippen molar-refractivity contribution in [2.45, 2.75) is 76.6 Å². The van der Waals surface area contributed by atoms with Crippen molar-refractivity contribution in [3.05, 3.63) is 33.6 Å². The third-order valence-electron chi connectivity index (χ3n) is 4.24. The summed E-state index contributed by atoms with van der Waals surface area (Å²) in [5, 5.41) is 5.65. The molecule has 3 amide bonds. The van der Waals surface area contributed by atoms with Crippen molar-refractivity contribution in [1.82, 2.24) is 20.2 Å². The summed E-state index contributed by atoms with van der Waals surface area (Å²) in [6, 6.07) is 4.35. The minimum Gasteiger partial charge on any atom is -0.379 e. The fourth-order valence-corrected chi connectivity index (χ4v) is 3.90. The number of rotatable bonds is 8. The zero-order valence-electron chi connectivity index (χ0n) is 19.3. The Bertz CT molecular complexity index is 1030. The average molecular weight is 483 g/mol. The Morgan fingerprint density at radius 2 is 1.94 bits per heavy atom. The van der Waals surface area contributed by atoms with E-state index in [9.17, 15) is 14.4 Å². The van der Waals surface area contributed by atoms with Crippen molar-refractivity contribution in [3.8, 4) is 0 Å². The van der Waals surface area contributed by atoms with Crippen molar-refractivity contribution in [2.24, 2.45) is 0 Å². The normalized spacial score (nSPS) is 12.8. The van der Waals surface area contributed by atoms with E-state index in [4.69, 9.17) is 16.3 Å². The molecule has 0 aliphatic rings. The van der Waals surface area contributed by atoms with Crippen molar-refractivity contribution in [2.75, 3.05) is 6.61 Å². The number of urea groups is 1. The summed E-state index contributed by atoms with van der Waals surface area (Å²) in [7, 11) is 0. The highest BCUT2D eigenvalue weighted by Crippen LogP contribution is 2.24. The van der Waals surface area contributed by atoms with Gasteiger partial charge in [-0.2, -0.15) is 0 Å². The molecule has 1 aromatic carbocycles. The SMILES string of the molecule is CC(C)OCCCn1c(SC(C)C(=O)NC(=O)NC(C)(C)C)nc2cc(Cl)ccc2c1=O. The first kappa shape index (κ1) is 26.2. The molecule has 1 heterocycles. The smallest absolute Gasteiger partial charge is 0.321 e. The van der Waals surface area contributed by atoms with Crippen LogP contribution in [-0.2, 0) is 16.1 Å². The number of hydrogen-bond donors (Lipinski definition) is 2. The molecule has 0 radical (unpaired) electrons. The second-order valence-electron chi connectivity index (χ2n) is 8.74. The summed E-state index contributed by atoms with van der Waals surface area (Å²) in [4.78, 5) is 42.3. The molecule has 2 rings (SSSR count). The van der Waals surface area contributed by atoms with Gasteiger partial charge in [-0.25, -0.2) is 9.78 Å². The van der Waals surface area contributed by atoms with Crippen molar-refractivity contribution in [1.29, 1.82) is 0 Å². The van der Waals surface area contributed by atoms with Gasteiger partial charge in [0.2, 0.25) is 5.91 Å². The molecular weight excluding hydrogens is 452 g/mol. The molecule has 0 saturated carbocycles. The van der Waals surface area contributed by atoms with Crippen LogP contribution in [0.4, 0.5) is 4.79 Å². The number of carbonyl (C=O) groups is 2. The molecule has 0 aliphatic heterocycles. The summed E-state index contributed by atoms with van der Waals surface area (Å²) in [6.07, 6.45) is 0.710. The molecule has 8 nitrogen and oxygen atoms in total. The second-order valence-corrected chi connectivity index (χ2v) is 10.5. The van der Waals surface area contributed by atoms with Crippen LogP contribution in [-0.4, -0.2) is 45.0 Å². The summed E-state index contributed by atoms with van der Waals surface area (Å²) in [5.74, 6) is -0.480. The van der Waals surface area contributed by atoms with Crippen LogP contribution in [0, 0.1) is 0 Å². The number of imide groups is 1. The zero-order chi connectivity index (χ0) is 24.1. The number of halogens is 1. The number of nitrogens with one attached hydrogen (secondary N) is 2. The van der Waals surface area contributed by atoms with Gasteiger partial charge in [0.25, 0.3) is 5.56 Å². The molecule has 2 aromatic rings. The highest BCUT2D eigenvalue weighted by Gasteiger charge is 2.22. The van der Waals surface area contributed by atoms with E-state index in [0.717, 1.165) is 11.8 Å². The van der Waals surface area contributed by atoms with Gasteiger partial charge in [-0.1, -0.05) is 23.4 Å². The lowest BCUT2D eigenvalue weighted by Gasteiger charge is -2.21. The van der Waals surface area contributed by atoms with Crippen LogP contribution in [0.15, 0.2) is 28.2 Å². The van der Waals surface area contributed by atoms with Gasteiger partial charge in [0.05, 0.1) is 22.3 Å². The minimum atomic E-state index is -0.664. The fourth-order valence-electron chi connectivity index (χ4n) is 2.80. The Kier molecular flexibility index (Phi) is 9.12. The van der Waals surface area contributed by atoms with E-state index in [2.05, 4.69) is 15.6 Å². The third-order valence-corrected chi connectivity index (χ3v) is 5.56. The quantitative estimate of drug-likeness (QED) is 0.335. The van der Waals surface area contributed by atoms with Crippen molar-refractivity contribution < 1.29 is 14.3 Å². The number of thioether (sulfide) groups is 1. The summed E-state index contributed by atoms with van der Waals surface area (Å²) >= 11 is 7.19. The van der Waals surface area contributed by atoms with Gasteiger partial charge in [-0.3, -0.25) is 19.5 Å². The van der Waals surface area contributed by atoms with Gasteiger partial charge in [0.15, 0.2) is 5.16 Å². The summed E-state index contributed by atoms with van der Waals surface area (Å²) in [5.41, 5.74) is -0.229. The van der Waals surface area contributed by atoms with Gasteiger partial charge in [-0.05, 0) is 66.2 Å². The van der Waals surface area contributed by atoms with Crippen LogP contribution in [0.5, 0.6) is 0 Å². The van der Waals surface area contributed by atoms with E-state index in [1.54, 1.807) is 29.7 Å². The number of ether oxygens (including phenoxy) is 1. The lowest BCUT2D eigenvalue weighted by Crippen LogP contribution is -2.49. The molecule has 1 atom stereocenters. The van der Waals surface area contributed by atoms with Crippen molar-refractivity contribution >= 4 is 46.2 Å². The fraction of sp³-hybridized carbons (Fsp3) is 0.545. The maximum Gasteiger partial charge on any atom is 0.321 e. The molecule has 1 aromatic heterocycles. The number of carbonyl (C=O) groups excluding carboxylic acids is 2. The first-order valence-electron chi connectivity index (χ1n) is 10.5. The highest BCUT2D eigenvalue weighted by atomic mass is 35.5. The van der Waals surface area contributed by atoms with Gasteiger partial charge in [-0.15, -0.1) is 0 Å². The number of fused-ring (bicyclic) bond motifs is 1. The molecule has 0 saturated heterocycles. The zero-order valence-corrected chi connectivity index (χ0v) is 20.9. The molecule has 1 unspecified atom stereocenters. The third kappa shape index (κ3) is 7.79. The Morgan fingerprint density at radius 1 is 1.25 bits per heavy atom. The molecule has 0 bridgehead atoms. The predicted octanol–water partition coefficient (Wildman–Crippen LogP) is 3.97.